The molecular weight excluding hydrogens is 200 g/mol. The van der Waals surface area contributed by atoms with Gasteiger partial charge in [0.25, 0.3) is 0 Å². The smallest absolute Gasteiger partial charge is 0.193 e. The van der Waals surface area contributed by atoms with Crippen LogP contribution in [0, 0.1) is 6.92 Å². The number of hydrogen-bond donors (Lipinski definition) is 0. The second-order valence-electron chi connectivity index (χ2n) is 2.92. The van der Waals surface area contributed by atoms with E-state index in [2.05, 4.69) is 9.97 Å². The Morgan fingerprint density at radius 2 is 2.14 bits per heavy atom. The standard InChI is InChI=1S/C10H7ClN2O/c1-6-10-7(11)3-2-4-8(10)13-9(5-14)12-6/h2-5H,1H3. The minimum absolute atomic E-state index is 0.192. The van der Waals surface area contributed by atoms with Crippen LogP contribution in [0.25, 0.3) is 10.9 Å². The largest absolute Gasteiger partial charge is 0.294 e. The third-order valence-corrected chi connectivity index (χ3v) is 2.29. The Kier molecular flexibility index (Phi) is 2.17. The molecule has 0 bridgehead atoms. The third kappa shape index (κ3) is 1.36. The second kappa shape index (κ2) is 3.35. The average molecular weight is 207 g/mol. The van der Waals surface area contributed by atoms with Crippen LogP contribution in [-0.2, 0) is 0 Å². The first kappa shape index (κ1) is 9.09. The number of benzene rings is 1. The van der Waals surface area contributed by atoms with Gasteiger partial charge in [-0.1, -0.05) is 17.7 Å². The molecule has 0 spiro atoms. The molecule has 0 N–H and O–H groups in total. The van der Waals surface area contributed by atoms with Crippen LogP contribution >= 0.6 is 11.6 Å². The van der Waals surface area contributed by atoms with E-state index in [-0.39, 0.29) is 5.82 Å². The predicted octanol–water partition coefficient (Wildman–Crippen LogP) is 2.40. The van der Waals surface area contributed by atoms with E-state index >= 15 is 0 Å². The van der Waals surface area contributed by atoms with Gasteiger partial charge in [-0.2, -0.15) is 0 Å². The number of nitrogens with zero attached hydrogens (tertiary/aromatic N) is 2. The zero-order chi connectivity index (χ0) is 10.1. The van der Waals surface area contributed by atoms with Crippen molar-refractivity contribution >= 4 is 28.8 Å². The summed E-state index contributed by atoms with van der Waals surface area (Å²) in [6.07, 6.45) is 0.632. The molecule has 2 aromatic rings. The highest BCUT2D eigenvalue weighted by Crippen LogP contribution is 2.23. The van der Waals surface area contributed by atoms with E-state index in [1.807, 2.05) is 13.0 Å². The predicted molar refractivity (Wildman–Crippen MR) is 54.7 cm³/mol. The summed E-state index contributed by atoms with van der Waals surface area (Å²) in [5.74, 6) is 0.192. The number of aryl methyl sites for hydroxylation is 1. The van der Waals surface area contributed by atoms with Crippen molar-refractivity contribution in [3.63, 3.8) is 0 Å². The normalized spacial score (nSPS) is 10.4. The molecule has 4 heteroatoms. The molecule has 1 aromatic heterocycles. The van der Waals surface area contributed by atoms with Crippen LogP contribution in [0.3, 0.4) is 0 Å². The molecule has 0 aliphatic rings. The van der Waals surface area contributed by atoms with Gasteiger partial charge in [-0.25, -0.2) is 9.97 Å². The van der Waals surface area contributed by atoms with Crippen LogP contribution < -0.4 is 0 Å². The van der Waals surface area contributed by atoms with Crippen LogP contribution in [0.1, 0.15) is 16.3 Å². The fourth-order valence-electron chi connectivity index (χ4n) is 1.39. The van der Waals surface area contributed by atoms with Crippen molar-refractivity contribution in [2.24, 2.45) is 0 Å². The summed E-state index contributed by atoms with van der Waals surface area (Å²) in [6.45, 7) is 1.81. The fourth-order valence-corrected chi connectivity index (χ4v) is 1.70. The van der Waals surface area contributed by atoms with Crippen molar-refractivity contribution in [1.82, 2.24) is 9.97 Å². The molecule has 0 saturated heterocycles. The summed E-state index contributed by atoms with van der Waals surface area (Å²) in [5, 5.41) is 1.41. The maximum Gasteiger partial charge on any atom is 0.193 e. The molecule has 1 heterocycles. The lowest BCUT2D eigenvalue weighted by atomic mass is 10.2. The van der Waals surface area contributed by atoms with Gasteiger partial charge in [0.1, 0.15) is 0 Å². The number of aldehydes is 1. The van der Waals surface area contributed by atoms with E-state index in [0.717, 1.165) is 11.1 Å². The van der Waals surface area contributed by atoms with Crippen molar-refractivity contribution < 1.29 is 4.79 Å². The van der Waals surface area contributed by atoms with Gasteiger partial charge in [-0.05, 0) is 19.1 Å². The molecular formula is C10H7ClN2O. The van der Waals surface area contributed by atoms with Gasteiger partial charge < -0.3 is 0 Å². The minimum Gasteiger partial charge on any atom is -0.294 e. The molecule has 0 fully saturated rings. The van der Waals surface area contributed by atoms with Gasteiger partial charge in [0.2, 0.25) is 0 Å². The van der Waals surface area contributed by atoms with Crippen molar-refractivity contribution in [2.75, 3.05) is 0 Å². The lowest BCUT2D eigenvalue weighted by Gasteiger charge is -2.02. The first-order valence-electron chi connectivity index (χ1n) is 4.10. The van der Waals surface area contributed by atoms with Crippen LogP contribution in [0.5, 0.6) is 0 Å². The summed E-state index contributed by atoms with van der Waals surface area (Å²) in [5.41, 5.74) is 1.43. The fraction of sp³-hybridized carbons (Fsp3) is 0.100. The van der Waals surface area contributed by atoms with E-state index in [1.165, 1.54) is 0 Å². The number of carbonyl (C=O) groups is 1. The Hall–Kier alpha value is -1.48. The lowest BCUT2D eigenvalue weighted by molar-refractivity contribution is 0.111. The molecule has 0 saturated carbocycles. The number of halogens is 1. The molecule has 0 aliphatic heterocycles. The summed E-state index contributed by atoms with van der Waals surface area (Å²) in [7, 11) is 0. The third-order valence-electron chi connectivity index (χ3n) is 1.98. The Morgan fingerprint density at radius 1 is 1.36 bits per heavy atom. The molecule has 1 aromatic carbocycles. The second-order valence-corrected chi connectivity index (χ2v) is 3.33. The highest BCUT2D eigenvalue weighted by molar-refractivity contribution is 6.35. The topological polar surface area (TPSA) is 42.9 Å². The maximum atomic E-state index is 10.5. The average Bonchev–Trinajstić information content (AvgIpc) is 2.17. The Bertz CT molecular complexity index is 511. The molecule has 0 unspecified atom stereocenters. The van der Waals surface area contributed by atoms with E-state index in [1.54, 1.807) is 12.1 Å². The molecule has 14 heavy (non-hydrogen) atoms. The van der Waals surface area contributed by atoms with E-state index < -0.39 is 0 Å². The van der Waals surface area contributed by atoms with Gasteiger partial charge in [0.15, 0.2) is 12.1 Å². The highest BCUT2D eigenvalue weighted by atomic mass is 35.5. The van der Waals surface area contributed by atoms with Crippen LogP contribution in [-0.4, -0.2) is 16.3 Å². The number of rotatable bonds is 1. The highest BCUT2D eigenvalue weighted by Gasteiger charge is 2.06. The first-order valence-corrected chi connectivity index (χ1v) is 4.48. The monoisotopic (exact) mass is 206 g/mol. The number of hydrogen-bond acceptors (Lipinski definition) is 3. The van der Waals surface area contributed by atoms with Crippen LogP contribution in [0.15, 0.2) is 18.2 Å². The first-order chi connectivity index (χ1) is 6.72. The Balaban J connectivity index is 2.89. The van der Waals surface area contributed by atoms with Gasteiger partial charge >= 0.3 is 0 Å². The van der Waals surface area contributed by atoms with Crippen molar-refractivity contribution in [3.8, 4) is 0 Å². The molecule has 3 nitrogen and oxygen atoms in total. The number of fused-ring (bicyclic) bond motifs is 1. The summed E-state index contributed by atoms with van der Waals surface area (Å²) >= 11 is 5.99. The zero-order valence-electron chi connectivity index (χ0n) is 7.49. The van der Waals surface area contributed by atoms with E-state index in [9.17, 15) is 4.79 Å². The SMILES string of the molecule is Cc1nc(C=O)nc2cccc(Cl)c12. The van der Waals surface area contributed by atoms with Gasteiger partial charge in [0.05, 0.1) is 16.2 Å². The molecule has 0 radical (unpaired) electrons. The number of carbonyl (C=O) groups excluding carboxylic acids is 1. The van der Waals surface area contributed by atoms with Gasteiger partial charge in [0, 0.05) is 5.39 Å². The molecule has 2 rings (SSSR count). The van der Waals surface area contributed by atoms with E-state index in [4.69, 9.17) is 11.6 Å². The Labute approximate surface area is 85.7 Å². The molecule has 70 valence electrons. The van der Waals surface area contributed by atoms with Crippen LogP contribution in [0.4, 0.5) is 0 Å². The molecule has 0 atom stereocenters. The summed E-state index contributed by atoms with van der Waals surface area (Å²) in [6, 6.07) is 5.38. The maximum absolute atomic E-state index is 10.5. The van der Waals surface area contributed by atoms with Crippen molar-refractivity contribution in [2.45, 2.75) is 6.92 Å². The summed E-state index contributed by atoms with van der Waals surface area (Å²) in [4.78, 5) is 18.6. The number of aromatic nitrogens is 2. The molecule has 0 amide bonds. The quantitative estimate of drug-likeness (QED) is 0.673. The van der Waals surface area contributed by atoms with E-state index in [0.29, 0.717) is 16.8 Å². The summed E-state index contributed by atoms with van der Waals surface area (Å²) < 4.78 is 0. The minimum atomic E-state index is 0.192. The van der Waals surface area contributed by atoms with Gasteiger partial charge in [-0.15, -0.1) is 0 Å². The van der Waals surface area contributed by atoms with Crippen molar-refractivity contribution in [3.05, 3.63) is 34.7 Å². The van der Waals surface area contributed by atoms with Crippen LogP contribution in [0.2, 0.25) is 5.02 Å². The lowest BCUT2D eigenvalue weighted by Crippen LogP contribution is -1.96. The molecule has 0 aliphatic carbocycles. The zero-order valence-corrected chi connectivity index (χ0v) is 8.25. The van der Waals surface area contributed by atoms with Crippen molar-refractivity contribution in [1.29, 1.82) is 0 Å². The van der Waals surface area contributed by atoms with Gasteiger partial charge in [-0.3, -0.25) is 4.79 Å². The Morgan fingerprint density at radius 3 is 2.86 bits per heavy atom.